The summed E-state index contributed by atoms with van der Waals surface area (Å²) in [5, 5.41) is 5.10. The second-order valence-corrected chi connectivity index (χ2v) is 6.17. The Morgan fingerprint density at radius 2 is 1.65 bits per heavy atom. The van der Waals surface area contributed by atoms with E-state index in [1.54, 1.807) is 6.92 Å². The Labute approximate surface area is 150 Å². The number of carbonyl (C=O) groups is 1. The van der Waals surface area contributed by atoms with Gasteiger partial charge in [-0.2, -0.15) is 0 Å². The Hall–Kier alpha value is -2.95. The van der Waals surface area contributed by atoms with Crippen molar-refractivity contribution >= 4 is 16.7 Å². The lowest BCUT2D eigenvalue weighted by Crippen LogP contribution is -2.37. The average Bonchev–Trinajstić information content (AvgIpc) is 2.64. The lowest BCUT2D eigenvalue weighted by atomic mass is 10.0. The molecule has 5 heteroatoms. The first-order valence-corrected chi connectivity index (χ1v) is 8.35. The molecule has 2 atom stereocenters. The highest BCUT2D eigenvalue weighted by atomic mass is 19.2. The summed E-state index contributed by atoms with van der Waals surface area (Å²) in [5.74, 6) is -2.21. The molecule has 26 heavy (non-hydrogen) atoms. The lowest BCUT2D eigenvalue weighted by Gasteiger charge is -2.19. The van der Waals surface area contributed by atoms with Gasteiger partial charge in [-0.05, 0) is 48.4 Å². The van der Waals surface area contributed by atoms with E-state index in [-0.39, 0.29) is 17.7 Å². The van der Waals surface area contributed by atoms with Crippen LogP contribution in [0.5, 0.6) is 5.75 Å². The van der Waals surface area contributed by atoms with Gasteiger partial charge in [-0.15, -0.1) is 0 Å². The Bertz CT molecular complexity index is 942. The zero-order chi connectivity index (χ0) is 18.7. The van der Waals surface area contributed by atoms with E-state index in [9.17, 15) is 13.6 Å². The van der Waals surface area contributed by atoms with Crippen molar-refractivity contribution in [3.8, 4) is 5.75 Å². The molecule has 0 heterocycles. The summed E-state index contributed by atoms with van der Waals surface area (Å²) in [6.45, 7) is 3.44. The lowest BCUT2D eigenvalue weighted by molar-refractivity contribution is -0.127. The molecular weight excluding hydrogens is 336 g/mol. The Morgan fingerprint density at radius 3 is 2.38 bits per heavy atom. The van der Waals surface area contributed by atoms with Crippen LogP contribution in [0.4, 0.5) is 8.78 Å². The molecule has 0 spiro atoms. The highest BCUT2D eigenvalue weighted by molar-refractivity contribution is 5.84. The van der Waals surface area contributed by atoms with E-state index in [1.807, 2.05) is 49.4 Å². The molecule has 3 aromatic rings. The van der Waals surface area contributed by atoms with E-state index >= 15 is 0 Å². The summed E-state index contributed by atoms with van der Waals surface area (Å²) in [4.78, 5) is 12.3. The SMILES string of the molecule is CC(Oc1ccc(F)c(F)c1)C(=O)NC(C)c1ccc2ccccc2c1. The van der Waals surface area contributed by atoms with Crippen molar-refractivity contribution in [2.24, 2.45) is 0 Å². The number of halogens is 2. The van der Waals surface area contributed by atoms with Crippen molar-refractivity contribution in [3.63, 3.8) is 0 Å². The highest BCUT2D eigenvalue weighted by Gasteiger charge is 2.18. The molecule has 134 valence electrons. The van der Waals surface area contributed by atoms with Crippen molar-refractivity contribution in [3.05, 3.63) is 77.9 Å². The van der Waals surface area contributed by atoms with Crippen LogP contribution in [-0.4, -0.2) is 12.0 Å². The van der Waals surface area contributed by atoms with Crippen LogP contribution < -0.4 is 10.1 Å². The van der Waals surface area contributed by atoms with Gasteiger partial charge in [-0.1, -0.05) is 36.4 Å². The Balaban J connectivity index is 1.66. The van der Waals surface area contributed by atoms with Crippen LogP contribution in [0.25, 0.3) is 10.8 Å². The predicted octanol–water partition coefficient (Wildman–Crippen LogP) is 4.76. The summed E-state index contributed by atoms with van der Waals surface area (Å²) in [5.41, 5.74) is 0.970. The average molecular weight is 355 g/mol. The maximum Gasteiger partial charge on any atom is 0.261 e. The molecule has 0 aromatic heterocycles. The molecule has 0 radical (unpaired) electrons. The standard InChI is InChI=1S/C21H19F2NO2/c1-13(16-8-7-15-5-3-4-6-17(15)11-16)24-21(25)14(2)26-18-9-10-19(22)20(23)12-18/h3-14H,1-2H3,(H,24,25). The van der Waals surface area contributed by atoms with Gasteiger partial charge in [0.05, 0.1) is 6.04 Å². The summed E-state index contributed by atoms with van der Waals surface area (Å²) in [6.07, 6.45) is -0.845. The number of fused-ring (bicyclic) bond motifs is 1. The van der Waals surface area contributed by atoms with Crippen LogP contribution in [0, 0.1) is 11.6 Å². The van der Waals surface area contributed by atoms with Gasteiger partial charge in [0.1, 0.15) is 5.75 Å². The molecule has 0 aliphatic rings. The molecule has 3 rings (SSSR count). The first-order valence-electron chi connectivity index (χ1n) is 8.35. The summed E-state index contributed by atoms with van der Waals surface area (Å²) in [6, 6.07) is 16.9. The first kappa shape index (κ1) is 17.9. The van der Waals surface area contributed by atoms with Crippen molar-refractivity contribution in [1.82, 2.24) is 5.32 Å². The maximum atomic E-state index is 13.2. The van der Waals surface area contributed by atoms with E-state index in [0.29, 0.717) is 0 Å². The smallest absolute Gasteiger partial charge is 0.261 e. The fourth-order valence-electron chi connectivity index (χ4n) is 2.70. The van der Waals surface area contributed by atoms with Gasteiger partial charge in [0.2, 0.25) is 0 Å². The van der Waals surface area contributed by atoms with Crippen LogP contribution in [0.15, 0.2) is 60.7 Å². The number of carbonyl (C=O) groups excluding carboxylic acids is 1. The molecule has 1 N–H and O–H groups in total. The van der Waals surface area contributed by atoms with E-state index in [0.717, 1.165) is 28.5 Å². The topological polar surface area (TPSA) is 38.3 Å². The van der Waals surface area contributed by atoms with Gasteiger partial charge in [0.25, 0.3) is 5.91 Å². The van der Waals surface area contributed by atoms with Gasteiger partial charge in [-0.3, -0.25) is 4.79 Å². The molecule has 0 saturated heterocycles. The number of hydrogen-bond acceptors (Lipinski definition) is 2. The van der Waals surface area contributed by atoms with Crippen molar-refractivity contribution < 1.29 is 18.3 Å². The van der Waals surface area contributed by atoms with Crippen LogP contribution in [-0.2, 0) is 4.79 Å². The second-order valence-electron chi connectivity index (χ2n) is 6.17. The van der Waals surface area contributed by atoms with E-state index in [1.165, 1.54) is 6.07 Å². The molecular formula is C21H19F2NO2. The zero-order valence-corrected chi connectivity index (χ0v) is 14.5. The number of rotatable bonds is 5. The van der Waals surface area contributed by atoms with Crippen LogP contribution >= 0.6 is 0 Å². The number of hydrogen-bond donors (Lipinski definition) is 1. The molecule has 1 amide bonds. The molecule has 0 bridgehead atoms. The molecule has 0 aliphatic heterocycles. The van der Waals surface area contributed by atoms with Crippen molar-refractivity contribution in [2.75, 3.05) is 0 Å². The zero-order valence-electron chi connectivity index (χ0n) is 14.5. The van der Waals surface area contributed by atoms with Gasteiger partial charge < -0.3 is 10.1 Å². The molecule has 3 nitrogen and oxygen atoms in total. The van der Waals surface area contributed by atoms with Crippen LogP contribution in [0.2, 0.25) is 0 Å². The van der Waals surface area contributed by atoms with Crippen LogP contribution in [0.3, 0.4) is 0 Å². The third-order valence-electron chi connectivity index (χ3n) is 4.21. The van der Waals surface area contributed by atoms with E-state index in [4.69, 9.17) is 4.74 Å². The van der Waals surface area contributed by atoms with Crippen molar-refractivity contribution in [1.29, 1.82) is 0 Å². The quantitative estimate of drug-likeness (QED) is 0.716. The highest BCUT2D eigenvalue weighted by Crippen LogP contribution is 2.21. The minimum absolute atomic E-state index is 0.102. The first-order chi connectivity index (χ1) is 12.4. The summed E-state index contributed by atoms with van der Waals surface area (Å²) < 4.78 is 31.6. The monoisotopic (exact) mass is 355 g/mol. The van der Waals surface area contributed by atoms with E-state index < -0.39 is 17.7 Å². The Morgan fingerprint density at radius 1 is 0.923 bits per heavy atom. The molecule has 0 fully saturated rings. The third-order valence-corrected chi connectivity index (χ3v) is 4.21. The van der Waals surface area contributed by atoms with Gasteiger partial charge in [-0.25, -0.2) is 8.78 Å². The molecule has 2 unspecified atom stereocenters. The fourth-order valence-corrected chi connectivity index (χ4v) is 2.70. The normalized spacial score (nSPS) is 13.2. The van der Waals surface area contributed by atoms with E-state index in [2.05, 4.69) is 5.32 Å². The molecule has 3 aromatic carbocycles. The van der Waals surface area contributed by atoms with Crippen LogP contribution in [0.1, 0.15) is 25.5 Å². The molecule has 0 aliphatic carbocycles. The molecule has 0 saturated carbocycles. The van der Waals surface area contributed by atoms with Gasteiger partial charge in [0, 0.05) is 6.07 Å². The Kier molecular flexibility index (Phi) is 5.16. The largest absolute Gasteiger partial charge is 0.481 e. The summed E-state index contributed by atoms with van der Waals surface area (Å²) >= 11 is 0. The predicted molar refractivity (Wildman–Crippen MR) is 97.0 cm³/mol. The number of amides is 1. The second kappa shape index (κ2) is 7.52. The fraction of sp³-hybridized carbons (Fsp3) is 0.190. The maximum absolute atomic E-state index is 13.2. The number of nitrogens with one attached hydrogen (secondary N) is 1. The van der Waals surface area contributed by atoms with Gasteiger partial charge in [0.15, 0.2) is 17.7 Å². The summed E-state index contributed by atoms with van der Waals surface area (Å²) in [7, 11) is 0. The third kappa shape index (κ3) is 3.99. The minimum atomic E-state index is -1.01. The van der Waals surface area contributed by atoms with Gasteiger partial charge >= 0.3 is 0 Å². The number of benzene rings is 3. The van der Waals surface area contributed by atoms with Crippen molar-refractivity contribution in [2.45, 2.75) is 26.0 Å². The number of ether oxygens (including phenoxy) is 1. The minimum Gasteiger partial charge on any atom is -0.481 e.